The summed E-state index contributed by atoms with van der Waals surface area (Å²) in [7, 11) is 0. The van der Waals surface area contributed by atoms with E-state index in [0.29, 0.717) is 11.7 Å². The number of nitrogens with zero attached hydrogens (tertiary/aromatic N) is 1. The van der Waals surface area contributed by atoms with Gasteiger partial charge < -0.3 is 19.7 Å². The lowest BCUT2D eigenvalue weighted by Gasteiger charge is -2.22. The molecular weight excluding hydrogens is 284 g/mol. The molecule has 1 unspecified atom stereocenters. The van der Waals surface area contributed by atoms with Gasteiger partial charge in [-0.05, 0) is 33.8 Å². The predicted molar refractivity (Wildman–Crippen MR) is 75.2 cm³/mol. The molecule has 0 aliphatic carbocycles. The van der Waals surface area contributed by atoms with Gasteiger partial charge in [0.25, 0.3) is 0 Å². The molecule has 7 heteroatoms. The summed E-state index contributed by atoms with van der Waals surface area (Å²) >= 11 is 5.93. The molecule has 0 saturated heterocycles. The summed E-state index contributed by atoms with van der Waals surface area (Å²) in [5.74, 6) is -1.04. The maximum absolute atomic E-state index is 11.6. The van der Waals surface area contributed by atoms with Gasteiger partial charge >= 0.3 is 12.1 Å². The van der Waals surface area contributed by atoms with Crippen molar-refractivity contribution in [3.05, 3.63) is 23.0 Å². The molecule has 1 aromatic heterocycles. The van der Waals surface area contributed by atoms with Gasteiger partial charge in [-0.1, -0.05) is 11.6 Å². The van der Waals surface area contributed by atoms with Crippen molar-refractivity contribution in [3.63, 3.8) is 0 Å². The van der Waals surface area contributed by atoms with Gasteiger partial charge in [-0.15, -0.1) is 0 Å². The van der Waals surface area contributed by atoms with Gasteiger partial charge in [-0.3, -0.25) is 0 Å². The highest BCUT2D eigenvalue weighted by Crippen LogP contribution is 2.15. The Morgan fingerprint density at radius 3 is 2.55 bits per heavy atom. The van der Waals surface area contributed by atoms with Crippen molar-refractivity contribution in [2.45, 2.75) is 45.9 Å². The van der Waals surface area contributed by atoms with Crippen LogP contribution in [-0.4, -0.2) is 33.4 Å². The number of alkyl carbamates (subject to hydrolysis) is 1. The molecule has 112 valence electrons. The molecule has 0 aliphatic rings. The van der Waals surface area contributed by atoms with Crippen molar-refractivity contribution in [1.29, 1.82) is 0 Å². The normalized spacial score (nSPS) is 12.8. The number of amides is 1. The van der Waals surface area contributed by atoms with Crippen LogP contribution in [0, 0.1) is 0 Å². The van der Waals surface area contributed by atoms with Crippen LogP contribution < -0.4 is 5.32 Å². The number of aromatic nitrogens is 1. The second-order valence-corrected chi connectivity index (χ2v) is 5.94. The molecule has 0 aromatic carbocycles. The zero-order valence-electron chi connectivity index (χ0n) is 11.9. The fourth-order valence-corrected chi connectivity index (χ4v) is 1.82. The zero-order chi connectivity index (χ0) is 15.5. The van der Waals surface area contributed by atoms with E-state index in [2.05, 4.69) is 5.32 Å². The summed E-state index contributed by atoms with van der Waals surface area (Å²) in [4.78, 5) is 22.4. The van der Waals surface area contributed by atoms with Crippen molar-refractivity contribution >= 4 is 23.7 Å². The van der Waals surface area contributed by atoms with Crippen LogP contribution >= 0.6 is 11.6 Å². The van der Waals surface area contributed by atoms with Crippen LogP contribution in [0.2, 0.25) is 5.15 Å². The Labute approximate surface area is 122 Å². The number of halogens is 1. The number of hydrogen-bond donors (Lipinski definition) is 2. The molecule has 0 radical (unpaired) electrons. The minimum Gasteiger partial charge on any atom is -0.478 e. The SMILES string of the molecule is CC(Cn1cc(C(=O)O)cc1Cl)NC(=O)OC(C)(C)C. The molecular formula is C13H19ClN2O4. The fourth-order valence-electron chi connectivity index (χ4n) is 1.58. The van der Waals surface area contributed by atoms with E-state index >= 15 is 0 Å². The van der Waals surface area contributed by atoms with Crippen molar-refractivity contribution in [1.82, 2.24) is 9.88 Å². The van der Waals surface area contributed by atoms with E-state index in [9.17, 15) is 9.59 Å². The Bertz CT molecular complexity index is 505. The van der Waals surface area contributed by atoms with Crippen molar-refractivity contribution in [3.8, 4) is 0 Å². The third kappa shape index (κ3) is 5.13. The minimum atomic E-state index is -1.04. The molecule has 1 atom stereocenters. The smallest absolute Gasteiger partial charge is 0.407 e. The summed E-state index contributed by atoms with van der Waals surface area (Å²) < 4.78 is 6.70. The lowest BCUT2D eigenvalue weighted by molar-refractivity contribution is 0.0503. The van der Waals surface area contributed by atoms with Crippen LogP contribution in [0.25, 0.3) is 0 Å². The second-order valence-electron chi connectivity index (χ2n) is 5.56. The first-order valence-electron chi connectivity index (χ1n) is 6.17. The zero-order valence-corrected chi connectivity index (χ0v) is 12.7. The Hall–Kier alpha value is -1.69. The Kier molecular flexibility index (Phi) is 5.05. The largest absolute Gasteiger partial charge is 0.478 e. The molecule has 0 saturated carbocycles. The molecule has 1 aromatic rings. The van der Waals surface area contributed by atoms with E-state index in [1.165, 1.54) is 12.3 Å². The highest BCUT2D eigenvalue weighted by atomic mass is 35.5. The van der Waals surface area contributed by atoms with Crippen LogP contribution in [0.15, 0.2) is 12.3 Å². The average Bonchev–Trinajstić information content (AvgIpc) is 2.57. The van der Waals surface area contributed by atoms with Crippen molar-refractivity contribution in [2.24, 2.45) is 0 Å². The van der Waals surface area contributed by atoms with Crippen LogP contribution in [0.5, 0.6) is 0 Å². The van der Waals surface area contributed by atoms with Crippen molar-refractivity contribution < 1.29 is 19.4 Å². The quantitative estimate of drug-likeness (QED) is 0.896. The Morgan fingerprint density at radius 1 is 1.50 bits per heavy atom. The molecule has 1 heterocycles. The third-order valence-electron chi connectivity index (χ3n) is 2.32. The standard InChI is InChI=1S/C13H19ClN2O4/c1-8(15-12(19)20-13(2,3)4)6-16-7-9(11(17)18)5-10(16)14/h5,7-8H,6H2,1-4H3,(H,15,19)(H,17,18). The summed E-state index contributed by atoms with van der Waals surface area (Å²) in [6, 6.07) is 1.11. The molecule has 0 bridgehead atoms. The van der Waals surface area contributed by atoms with Crippen LogP contribution in [0.4, 0.5) is 4.79 Å². The van der Waals surface area contributed by atoms with Crippen LogP contribution in [0.1, 0.15) is 38.1 Å². The maximum atomic E-state index is 11.6. The topological polar surface area (TPSA) is 80.6 Å². The first-order valence-corrected chi connectivity index (χ1v) is 6.55. The van der Waals surface area contributed by atoms with Crippen LogP contribution in [-0.2, 0) is 11.3 Å². The van der Waals surface area contributed by atoms with Gasteiger partial charge in [0.15, 0.2) is 0 Å². The monoisotopic (exact) mass is 302 g/mol. The number of carboxylic acid groups (broad SMARTS) is 1. The number of carbonyl (C=O) groups excluding carboxylic acids is 1. The minimum absolute atomic E-state index is 0.111. The number of carboxylic acids is 1. The van der Waals surface area contributed by atoms with Gasteiger partial charge in [0.05, 0.1) is 5.56 Å². The maximum Gasteiger partial charge on any atom is 0.407 e. The average molecular weight is 303 g/mol. The highest BCUT2D eigenvalue weighted by molar-refractivity contribution is 6.30. The number of hydrogen-bond acceptors (Lipinski definition) is 3. The first-order chi connectivity index (χ1) is 9.08. The number of carbonyl (C=O) groups is 2. The van der Waals surface area contributed by atoms with E-state index in [1.807, 2.05) is 0 Å². The van der Waals surface area contributed by atoms with Gasteiger partial charge in [-0.2, -0.15) is 0 Å². The summed E-state index contributed by atoms with van der Waals surface area (Å²) in [5.41, 5.74) is -0.453. The molecule has 1 amide bonds. The molecule has 20 heavy (non-hydrogen) atoms. The van der Waals surface area contributed by atoms with E-state index in [4.69, 9.17) is 21.4 Å². The summed E-state index contributed by atoms with van der Waals surface area (Å²) in [6.07, 6.45) is 0.907. The van der Waals surface area contributed by atoms with Gasteiger partial charge in [0.1, 0.15) is 10.8 Å². The molecule has 6 nitrogen and oxygen atoms in total. The number of nitrogens with one attached hydrogen (secondary N) is 1. The highest BCUT2D eigenvalue weighted by Gasteiger charge is 2.18. The van der Waals surface area contributed by atoms with E-state index in [0.717, 1.165) is 0 Å². The van der Waals surface area contributed by atoms with Gasteiger partial charge in [0.2, 0.25) is 0 Å². The summed E-state index contributed by atoms with van der Waals surface area (Å²) in [6.45, 7) is 7.46. The van der Waals surface area contributed by atoms with E-state index < -0.39 is 17.7 Å². The molecule has 0 aliphatic heterocycles. The molecule has 2 N–H and O–H groups in total. The number of ether oxygens (including phenoxy) is 1. The molecule has 0 spiro atoms. The lowest BCUT2D eigenvalue weighted by atomic mass is 10.2. The Balaban J connectivity index is 2.60. The first kappa shape index (κ1) is 16.4. The molecule has 1 rings (SSSR count). The Morgan fingerprint density at radius 2 is 2.10 bits per heavy atom. The number of rotatable bonds is 4. The van der Waals surface area contributed by atoms with Gasteiger partial charge in [-0.25, -0.2) is 9.59 Å². The van der Waals surface area contributed by atoms with Gasteiger partial charge in [0, 0.05) is 18.8 Å². The van der Waals surface area contributed by atoms with E-state index in [-0.39, 0.29) is 11.6 Å². The summed E-state index contributed by atoms with van der Waals surface area (Å²) in [5, 5.41) is 11.8. The van der Waals surface area contributed by atoms with Crippen molar-refractivity contribution in [2.75, 3.05) is 0 Å². The third-order valence-corrected chi connectivity index (χ3v) is 2.65. The fraction of sp³-hybridized carbons (Fsp3) is 0.538. The lowest BCUT2D eigenvalue weighted by Crippen LogP contribution is -2.39. The predicted octanol–water partition coefficient (Wildman–Crippen LogP) is 2.75. The van der Waals surface area contributed by atoms with E-state index in [1.54, 1.807) is 32.3 Å². The number of aromatic carboxylic acids is 1. The molecule has 0 fully saturated rings. The van der Waals surface area contributed by atoms with Crippen LogP contribution in [0.3, 0.4) is 0 Å². The second kappa shape index (κ2) is 6.17.